The maximum absolute atomic E-state index is 6.30. The maximum atomic E-state index is 6.30. The second-order valence-corrected chi connectivity index (χ2v) is 6.82. The van der Waals surface area contributed by atoms with Crippen molar-refractivity contribution >= 4 is 11.8 Å². The smallest absolute Gasteiger partial charge is 0.142 e. The maximum Gasteiger partial charge on any atom is 0.142 e. The summed E-state index contributed by atoms with van der Waals surface area (Å²) in [5.74, 6) is 1.13. The summed E-state index contributed by atoms with van der Waals surface area (Å²) in [6, 6.07) is 0. The highest BCUT2D eigenvalue weighted by atomic mass is 32.2. The molecule has 3 aliphatic rings. The van der Waals surface area contributed by atoms with Crippen LogP contribution in [0.5, 0.6) is 0 Å². The lowest BCUT2D eigenvalue weighted by molar-refractivity contribution is -0.0796. The van der Waals surface area contributed by atoms with Crippen LogP contribution in [0, 0.1) is 0 Å². The average Bonchev–Trinajstić information content (AvgIpc) is 2.81. The predicted molar refractivity (Wildman–Crippen MR) is 65.8 cm³/mol. The molecule has 0 amide bonds. The summed E-state index contributed by atoms with van der Waals surface area (Å²) in [4.78, 5) is 2.38. The quantitative estimate of drug-likeness (QED) is 0.646. The van der Waals surface area contributed by atoms with Crippen LogP contribution in [0.3, 0.4) is 0 Å². The Morgan fingerprint density at radius 3 is 2.69 bits per heavy atom. The number of hydrogen-bond acceptors (Lipinski definition) is 4. The molecule has 3 aliphatic heterocycles. The van der Waals surface area contributed by atoms with E-state index in [2.05, 4.69) is 18.9 Å². The Morgan fingerprint density at radius 2 is 2.06 bits per heavy atom. The van der Waals surface area contributed by atoms with E-state index in [1.165, 1.54) is 12.8 Å². The number of thioether (sulfide) groups is 1. The van der Waals surface area contributed by atoms with Crippen molar-refractivity contribution in [2.75, 3.05) is 32.5 Å². The third kappa shape index (κ3) is 1.70. The van der Waals surface area contributed by atoms with E-state index in [0.717, 1.165) is 31.9 Å². The SMILES string of the molecule is CC1OC2(CCN(C)CC2)CC12OCCS2. The Balaban J connectivity index is 1.75. The standard InChI is InChI=1S/C12H21NO2S/c1-10-12(14-7-8-16-12)9-11(15-10)3-5-13(2)6-4-11/h10H,3-9H2,1-2H3. The summed E-state index contributed by atoms with van der Waals surface area (Å²) in [5, 5.41) is 0. The van der Waals surface area contributed by atoms with E-state index in [-0.39, 0.29) is 16.6 Å². The van der Waals surface area contributed by atoms with Crippen LogP contribution < -0.4 is 0 Å². The molecule has 16 heavy (non-hydrogen) atoms. The van der Waals surface area contributed by atoms with Crippen LogP contribution in [-0.2, 0) is 9.47 Å². The Kier molecular flexibility index (Phi) is 2.74. The van der Waals surface area contributed by atoms with Crippen molar-refractivity contribution in [3.8, 4) is 0 Å². The van der Waals surface area contributed by atoms with Crippen LogP contribution >= 0.6 is 11.8 Å². The molecule has 3 saturated heterocycles. The molecule has 4 heteroatoms. The number of nitrogens with zero attached hydrogens (tertiary/aromatic N) is 1. The Labute approximate surface area is 102 Å². The van der Waals surface area contributed by atoms with Gasteiger partial charge in [-0.3, -0.25) is 0 Å². The van der Waals surface area contributed by atoms with Gasteiger partial charge in [0.2, 0.25) is 0 Å². The van der Waals surface area contributed by atoms with E-state index in [1.807, 2.05) is 11.8 Å². The summed E-state index contributed by atoms with van der Waals surface area (Å²) in [5.41, 5.74) is 0.114. The summed E-state index contributed by atoms with van der Waals surface area (Å²) >= 11 is 1.97. The molecule has 0 N–H and O–H groups in total. The highest BCUT2D eigenvalue weighted by molar-refractivity contribution is 8.00. The molecule has 0 aromatic heterocycles. The molecule has 3 fully saturated rings. The van der Waals surface area contributed by atoms with Gasteiger partial charge < -0.3 is 14.4 Å². The van der Waals surface area contributed by atoms with Crippen molar-refractivity contribution in [2.45, 2.75) is 42.8 Å². The number of likely N-dealkylation sites (tertiary alicyclic amines) is 1. The third-order valence-electron chi connectivity index (χ3n) is 4.29. The second-order valence-electron chi connectivity index (χ2n) is 5.43. The van der Waals surface area contributed by atoms with E-state index in [1.54, 1.807) is 0 Å². The molecule has 92 valence electrons. The molecule has 0 saturated carbocycles. The van der Waals surface area contributed by atoms with Crippen molar-refractivity contribution in [2.24, 2.45) is 0 Å². The molecule has 3 heterocycles. The zero-order valence-electron chi connectivity index (χ0n) is 10.2. The zero-order valence-corrected chi connectivity index (χ0v) is 11.0. The molecule has 0 aromatic rings. The van der Waals surface area contributed by atoms with Gasteiger partial charge in [0.15, 0.2) is 0 Å². The first-order valence-corrected chi connectivity index (χ1v) is 7.27. The van der Waals surface area contributed by atoms with E-state index in [9.17, 15) is 0 Å². The Hall–Kier alpha value is 0.230. The molecule has 2 spiro atoms. The van der Waals surface area contributed by atoms with Crippen LogP contribution in [0.15, 0.2) is 0 Å². The van der Waals surface area contributed by atoms with Crippen molar-refractivity contribution in [3.05, 3.63) is 0 Å². The number of ether oxygens (including phenoxy) is 2. The molecular weight excluding hydrogens is 222 g/mol. The third-order valence-corrected chi connectivity index (χ3v) is 5.74. The molecule has 0 bridgehead atoms. The Morgan fingerprint density at radius 1 is 1.31 bits per heavy atom. The minimum absolute atomic E-state index is 0.0179. The first kappa shape index (κ1) is 11.3. The fraction of sp³-hybridized carbons (Fsp3) is 1.00. The van der Waals surface area contributed by atoms with Crippen molar-refractivity contribution in [1.82, 2.24) is 4.90 Å². The predicted octanol–water partition coefficient (Wildman–Crippen LogP) is 1.72. The number of hydrogen-bond donors (Lipinski definition) is 0. The van der Waals surface area contributed by atoms with Gasteiger partial charge in [-0.15, -0.1) is 11.8 Å². The molecule has 3 rings (SSSR count). The van der Waals surface area contributed by atoms with Gasteiger partial charge >= 0.3 is 0 Å². The van der Waals surface area contributed by atoms with E-state index in [4.69, 9.17) is 9.47 Å². The monoisotopic (exact) mass is 243 g/mol. The first-order chi connectivity index (χ1) is 7.64. The molecule has 0 radical (unpaired) electrons. The van der Waals surface area contributed by atoms with Gasteiger partial charge in [0, 0.05) is 25.3 Å². The van der Waals surface area contributed by atoms with E-state index >= 15 is 0 Å². The van der Waals surface area contributed by atoms with Crippen molar-refractivity contribution in [1.29, 1.82) is 0 Å². The van der Waals surface area contributed by atoms with Gasteiger partial charge in [0.25, 0.3) is 0 Å². The lowest BCUT2D eigenvalue weighted by atomic mass is 9.87. The first-order valence-electron chi connectivity index (χ1n) is 6.29. The molecular formula is C12H21NO2S. The second kappa shape index (κ2) is 3.87. The molecule has 0 aromatic carbocycles. The summed E-state index contributed by atoms with van der Waals surface area (Å²) in [7, 11) is 2.20. The van der Waals surface area contributed by atoms with Gasteiger partial charge in [-0.1, -0.05) is 0 Å². The minimum atomic E-state index is -0.0179. The lowest BCUT2D eigenvalue weighted by Crippen LogP contribution is -2.43. The van der Waals surface area contributed by atoms with Gasteiger partial charge in [-0.2, -0.15) is 0 Å². The highest BCUT2D eigenvalue weighted by Crippen LogP contribution is 2.53. The minimum Gasteiger partial charge on any atom is -0.368 e. The summed E-state index contributed by atoms with van der Waals surface area (Å²) in [6.07, 6.45) is 3.68. The number of piperidine rings is 1. The van der Waals surface area contributed by atoms with Crippen LogP contribution in [0.25, 0.3) is 0 Å². The molecule has 2 unspecified atom stereocenters. The van der Waals surface area contributed by atoms with Crippen LogP contribution in [-0.4, -0.2) is 54.0 Å². The fourth-order valence-electron chi connectivity index (χ4n) is 3.23. The van der Waals surface area contributed by atoms with Crippen molar-refractivity contribution in [3.63, 3.8) is 0 Å². The average molecular weight is 243 g/mol. The highest BCUT2D eigenvalue weighted by Gasteiger charge is 2.57. The molecule has 2 atom stereocenters. The van der Waals surface area contributed by atoms with Crippen LogP contribution in [0.2, 0.25) is 0 Å². The Bertz CT molecular complexity index is 270. The van der Waals surface area contributed by atoms with Gasteiger partial charge in [-0.25, -0.2) is 0 Å². The summed E-state index contributed by atoms with van der Waals surface area (Å²) in [6.45, 7) is 5.40. The zero-order chi connectivity index (χ0) is 11.2. The van der Waals surface area contributed by atoms with E-state index in [0.29, 0.717) is 0 Å². The summed E-state index contributed by atoms with van der Waals surface area (Å²) < 4.78 is 12.3. The van der Waals surface area contributed by atoms with Crippen LogP contribution in [0.4, 0.5) is 0 Å². The topological polar surface area (TPSA) is 21.7 Å². The largest absolute Gasteiger partial charge is 0.368 e. The normalized spacial score (nSPS) is 43.5. The lowest BCUT2D eigenvalue weighted by Gasteiger charge is -2.37. The number of rotatable bonds is 0. The molecule has 0 aliphatic carbocycles. The van der Waals surface area contributed by atoms with Crippen molar-refractivity contribution < 1.29 is 9.47 Å². The molecule has 3 nitrogen and oxygen atoms in total. The van der Waals surface area contributed by atoms with Crippen LogP contribution in [0.1, 0.15) is 26.2 Å². The van der Waals surface area contributed by atoms with E-state index < -0.39 is 0 Å². The van der Waals surface area contributed by atoms with Gasteiger partial charge in [0.05, 0.1) is 18.3 Å². The fourth-order valence-corrected chi connectivity index (χ4v) is 4.55. The van der Waals surface area contributed by atoms with Gasteiger partial charge in [0.1, 0.15) is 4.93 Å². The van der Waals surface area contributed by atoms with Gasteiger partial charge in [-0.05, 0) is 26.8 Å².